The summed E-state index contributed by atoms with van der Waals surface area (Å²) in [6.07, 6.45) is 4.15. The molecule has 0 unspecified atom stereocenters. The van der Waals surface area contributed by atoms with E-state index in [-0.39, 0.29) is 0 Å². The van der Waals surface area contributed by atoms with Gasteiger partial charge in [0, 0.05) is 23.9 Å². The molecule has 2 N–H and O–H groups in total. The van der Waals surface area contributed by atoms with Crippen molar-refractivity contribution in [2.75, 3.05) is 11.9 Å². The van der Waals surface area contributed by atoms with Gasteiger partial charge in [0.1, 0.15) is 10.8 Å². The van der Waals surface area contributed by atoms with Gasteiger partial charge in [0.15, 0.2) is 0 Å². The molecule has 4 nitrogen and oxygen atoms in total. The number of benzene rings is 1. The molecule has 21 heavy (non-hydrogen) atoms. The van der Waals surface area contributed by atoms with Crippen molar-refractivity contribution in [2.45, 2.75) is 12.8 Å². The second-order valence-electron chi connectivity index (χ2n) is 5.10. The highest BCUT2D eigenvalue weighted by Gasteiger charge is 2.22. The number of nitrogens with one attached hydrogen (secondary N) is 2. The monoisotopic (exact) mass is 320 g/mol. The second-order valence-corrected chi connectivity index (χ2v) is 5.84. The first kappa shape index (κ1) is 14.3. The average molecular weight is 321 g/mol. The van der Waals surface area contributed by atoms with E-state index in [1.165, 1.54) is 12.8 Å². The van der Waals surface area contributed by atoms with Crippen LogP contribution in [0.1, 0.15) is 12.8 Å². The summed E-state index contributed by atoms with van der Waals surface area (Å²) in [5.41, 5.74) is 10.1. The molecule has 108 valence electrons. The van der Waals surface area contributed by atoms with Crippen molar-refractivity contribution in [1.82, 2.24) is 4.98 Å². The number of hydrogen-bond acceptors (Lipinski definition) is 4. The number of aromatic nitrogens is 1. The number of nitrogens with zero attached hydrogens (tertiary/aromatic N) is 2. The van der Waals surface area contributed by atoms with Gasteiger partial charge in [-0.05, 0) is 37.0 Å². The molecule has 0 radical (unpaired) electrons. The summed E-state index contributed by atoms with van der Waals surface area (Å²) >= 11 is 12.5. The zero-order chi connectivity index (χ0) is 14.8. The summed E-state index contributed by atoms with van der Waals surface area (Å²) in [7, 11) is 0. The van der Waals surface area contributed by atoms with Crippen molar-refractivity contribution in [3.63, 3.8) is 0 Å². The van der Waals surface area contributed by atoms with Crippen LogP contribution in [-0.2, 0) is 0 Å². The van der Waals surface area contributed by atoms with E-state index in [9.17, 15) is 0 Å². The van der Waals surface area contributed by atoms with E-state index in [2.05, 4.69) is 15.4 Å². The van der Waals surface area contributed by atoms with Crippen LogP contribution in [0, 0.1) is 11.4 Å². The topological polar surface area (TPSA) is 61.1 Å². The van der Waals surface area contributed by atoms with Gasteiger partial charge in [0.2, 0.25) is 0 Å². The summed E-state index contributed by atoms with van der Waals surface area (Å²) in [6.45, 7) is 0.895. The highest BCUT2D eigenvalue weighted by atomic mass is 35.5. The molecule has 0 saturated heterocycles. The largest absolute Gasteiger partial charge is 0.383 e. The number of rotatable bonds is 5. The standard InChI is InChI=1S/C15H14Cl2N4/c16-13-10(11-2-1-7-19-15(11)17)5-6-12(14(13)21-18)20-8-9-3-4-9/h1-2,5-7,9,18,20H,3-4,8H2. The molecule has 1 aromatic heterocycles. The van der Waals surface area contributed by atoms with E-state index in [0.717, 1.165) is 29.3 Å². The van der Waals surface area contributed by atoms with Crippen molar-refractivity contribution in [3.05, 3.63) is 40.6 Å². The minimum Gasteiger partial charge on any atom is -0.383 e. The summed E-state index contributed by atoms with van der Waals surface area (Å²) in [6, 6.07) is 7.42. The second kappa shape index (κ2) is 6.00. The minimum absolute atomic E-state index is 0.383. The highest BCUT2D eigenvalue weighted by Crippen LogP contribution is 2.42. The highest BCUT2D eigenvalue weighted by molar-refractivity contribution is 6.38. The maximum atomic E-state index is 7.39. The fourth-order valence-corrected chi connectivity index (χ4v) is 2.72. The van der Waals surface area contributed by atoms with Gasteiger partial charge in [-0.3, -0.25) is 0 Å². The Balaban J connectivity index is 1.99. The Labute approximate surface area is 133 Å². The number of hydrogen-bond donors (Lipinski definition) is 2. The Morgan fingerprint density at radius 3 is 2.71 bits per heavy atom. The van der Waals surface area contributed by atoms with Crippen LogP contribution < -0.4 is 5.32 Å². The predicted octanol–water partition coefficient (Wildman–Crippen LogP) is 5.54. The fourth-order valence-electron chi connectivity index (χ4n) is 2.19. The number of anilines is 1. The van der Waals surface area contributed by atoms with E-state index < -0.39 is 0 Å². The molecular weight excluding hydrogens is 307 g/mol. The molecule has 6 heteroatoms. The Morgan fingerprint density at radius 1 is 1.24 bits per heavy atom. The van der Waals surface area contributed by atoms with Crippen LogP contribution in [0.5, 0.6) is 0 Å². The maximum absolute atomic E-state index is 7.39. The van der Waals surface area contributed by atoms with Crippen molar-refractivity contribution in [2.24, 2.45) is 11.0 Å². The van der Waals surface area contributed by atoms with Crippen LogP contribution in [0.3, 0.4) is 0 Å². The van der Waals surface area contributed by atoms with Gasteiger partial charge in [-0.15, -0.1) is 0 Å². The summed E-state index contributed by atoms with van der Waals surface area (Å²) in [5, 5.41) is 7.69. The van der Waals surface area contributed by atoms with E-state index in [0.29, 0.717) is 15.9 Å². The number of pyridine rings is 1. The third-order valence-corrected chi connectivity index (χ3v) is 4.24. The van der Waals surface area contributed by atoms with Crippen molar-refractivity contribution < 1.29 is 0 Å². The first-order valence-corrected chi connectivity index (χ1v) is 7.51. The molecule has 1 fully saturated rings. The third-order valence-electron chi connectivity index (χ3n) is 3.56. The first-order chi connectivity index (χ1) is 10.2. The third kappa shape index (κ3) is 3.01. The molecule has 1 aliphatic carbocycles. The van der Waals surface area contributed by atoms with Crippen molar-refractivity contribution in [1.29, 1.82) is 5.53 Å². The Kier molecular flexibility index (Phi) is 4.08. The van der Waals surface area contributed by atoms with E-state index in [1.54, 1.807) is 12.3 Å². The predicted molar refractivity (Wildman–Crippen MR) is 85.7 cm³/mol. The molecule has 1 aliphatic rings. The lowest BCUT2D eigenvalue weighted by Gasteiger charge is -2.13. The first-order valence-electron chi connectivity index (χ1n) is 6.75. The SMILES string of the molecule is N=Nc1c(NCC2CC2)ccc(-c2cccnc2Cl)c1Cl. The lowest BCUT2D eigenvalue weighted by Crippen LogP contribution is -2.03. The molecule has 1 heterocycles. The van der Waals surface area contributed by atoms with Gasteiger partial charge in [-0.25, -0.2) is 10.5 Å². The Hall–Kier alpha value is -1.65. The minimum atomic E-state index is 0.383. The van der Waals surface area contributed by atoms with Gasteiger partial charge >= 0.3 is 0 Å². The van der Waals surface area contributed by atoms with Gasteiger partial charge in [0.25, 0.3) is 0 Å². The van der Waals surface area contributed by atoms with Crippen LogP contribution >= 0.6 is 23.2 Å². The van der Waals surface area contributed by atoms with Gasteiger partial charge in [-0.2, -0.15) is 5.11 Å². The maximum Gasteiger partial charge on any atom is 0.136 e. The fraction of sp³-hybridized carbons (Fsp3) is 0.267. The molecule has 2 aromatic rings. The van der Waals surface area contributed by atoms with Crippen molar-refractivity contribution in [3.8, 4) is 11.1 Å². The summed E-state index contributed by atoms with van der Waals surface area (Å²) < 4.78 is 0. The van der Waals surface area contributed by atoms with Gasteiger partial charge in [-0.1, -0.05) is 29.3 Å². The summed E-state index contributed by atoms with van der Waals surface area (Å²) in [4.78, 5) is 4.06. The molecule has 3 rings (SSSR count). The lowest BCUT2D eigenvalue weighted by atomic mass is 10.1. The normalized spacial score (nSPS) is 14.0. The molecule has 0 spiro atoms. The van der Waals surface area contributed by atoms with E-state index >= 15 is 0 Å². The van der Waals surface area contributed by atoms with E-state index in [1.807, 2.05) is 18.2 Å². The lowest BCUT2D eigenvalue weighted by molar-refractivity contribution is 0.888. The van der Waals surface area contributed by atoms with Crippen molar-refractivity contribution >= 4 is 34.6 Å². The zero-order valence-electron chi connectivity index (χ0n) is 11.2. The molecule has 1 aromatic carbocycles. The summed E-state index contributed by atoms with van der Waals surface area (Å²) in [5.74, 6) is 0.731. The van der Waals surface area contributed by atoms with E-state index in [4.69, 9.17) is 28.7 Å². The quantitative estimate of drug-likeness (QED) is 0.561. The van der Waals surface area contributed by atoms with Crippen LogP contribution in [-0.4, -0.2) is 11.5 Å². The number of halogens is 2. The average Bonchev–Trinajstić information content (AvgIpc) is 3.30. The molecular formula is C15H14Cl2N4. The van der Waals surface area contributed by atoms with Crippen LogP contribution in [0.2, 0.25) is 10.2 Å². The Morgan fingerprint density at radius 2 is 2.05 bits per heavy atom. The zero-order valence-corrected chi connectivity index (χ0v) is 12.7. The Bertz CT molecular complexity index is 683. The molecule has 1 saturated carbocycles. The molecule has 0 atom stereocenters. The molecule has 0 bridgehead atoms. The molecule has 0 amide bonds. The van der Waals surface area contributed by atoms with Crippen LogP contribution in [0.4, 0.5) is 11.4 Å². The van der Waals surface area contributed by atoms with Gasteiger partial charge in [0.05, 0.1) is 10.7 Å². The molecule has 0 aliphatic heterocycles. The van der Waals surface area contributed by atoms with Crippen LogP contribution in [0.25, 0.3) is 11.1 Å². The van der Waals surface area contributed by atoms with Gasteiger partial charge < -0.3 is 5.32 Å². The smallest absolute Gasteiger partial charge is 0.136 e. The van der Waals surface area contributed by atoms with Crippen LogP contribution in [0.15, 0.2) is 35.6 Å².